The Labute approximate surface area is 134 Å². The zero-order valence-corrected chi connectivity index (χ0v) is 13.7. The molecule has 0 saturated carbocycles. The van der Waals surface area contributed by atoms with E-state index in [2.05, 4.69) is 14.9 Å². The molecule has 0 aromatic carbocycles. The van der Waals surface area contributed by atoms with Gasteiger partial charge in [-0.2, -0.15) is 0 Å². The van der Waals surface area contributed by atoms with Crippen LogP contribution in [0.25, 0.3) is 0 Å². The predicted octanol–water partition coefficient (Wildman–Crippen LogP) is 2.38. The molecule has 3 heterocycles. The van der Waals surface area contributed by atoms with E-state index in [9.17, 15) is 0 Å². The lowest BCUT2D eigenvalue weighted by Gasteiger charge is -2.30. The quantitative estimate of drug-likeness (QED) is 0.940. The van der Waals surface area contributed by atoms with Crippen LogP contribution < -0.4 is 5.32 Å². The molecule has 0 spiro atoms. The third kappa shape index (κ3) is 2.83. The van der Waals surface area contributed by atoms with E-state index >= 15 is 0 Å². The van der Waals surface area contributed by atoms with E-state index < -0.39 is 0 Å². The van der Waals surface area contributed by atoms with Crippen molar-refractivity contribution in [3.05, 3.63) is 33.8 Å². The fraction of sp³-hybridized carbons (Fsp3) is 0.625. The van der Waals surface area contributed by atoms with Crippen molar-refractivity contribution in [3.8, 4) is 0 Å². The van der Waals surface area contributed by atoms with Gasteiger partial charge in [-0.1, -0.05) is 0 Å². The van der Waals surface area contributed by atoms with Crippen molar-refractivity contribution in [2.75, 3.05) is 6.61 Å². The lowest BCUT2D eigenvalue weighted by Crippen LogP contribution is -2.36. The van der Waals surface area contributed by atoms with E-state index in [0.717, 1.165) is 26.0 Å². The van der Waals surface area contributed by atoms with Gasteiger partial charge in [-0.25, -0.2) is 9.97 Å². The summed E-state index contributed by atoms with van der Waals surface area (Å²) in [7, 11) is 2.03. The van der Waals surface area contributed by atoms with Crippen molar-refractivity contribution in [2.24, 2.45) is 7.05 Å². The van der Waals surface area contributed by atoms with Gasteiger partial charge in [0.1, 0.15) is 11.1 Å². The first-order chi connectivity index (χ1) is 10.8. The van der Waals surface area contributed by atoms with Crippen LogP contribution in [0, 0.1) is 0 Å². The Hall–Kier alpha value is -1.24. The molecule has 1 N–H and O–H groups in total. The summed E-state index contributed by atoms with van der Waals surface area (Å²) in [6.07, 6.45) is 9.67. The highest BCUT2D eigenvalue weighted by Crippen LogP contribution is 2.29. The molecule has 0 radical (unpaired) electrons. The normalized spacial score (nSPS) is 24.6. The molecular formula is C16H22N4OS. The topological polar surface area (TPSA) is 52.0 Å². The van der Waals surface area contributed by atoms with Crippen LogP contribution in [0.4, 0.5) is 0 Å². The minimum atomic E-state index is 0.153. The SMILES string of the molecule is Cn1cncc1C1CC(NCc2nc3c(s2)CCC3)CCO1. The monoisotopic (exact) mass is 318 g/mol. The van der Waals surface area contributed by atoms with Gasteiger partial charge in [0.15, 0.2) is 0 Å². The minimum absolute atomic E-state index is 0.153. The third-order valence-electron chi connectivity index (χ3n) is 4.65. The molecule has 2 aromatic heterocycles. The van der Waals surface area contributed by atoms with E-state index in [0.29, 0.717) is 6.04 Å². The molecule has 0 amide bonds. The maximum atomic E-state index is 5.92. The zero-order chi connectivity index (χ0) is 14.9. The highest BCUT2D eigenvalue weighted by molar-refractivity contribution is 7.11. The summed E-state index contributed by atoms with van der Waals surface area (Å²) in [5.74, 6) is 0. The third-order valence-corrected chi connectivity index (χ3v) is 5.81. The van der Waals surface area contributed by atoms with E-state index in [4.69, 9.17) is 9.72 Å². The molecular weight excluding hydrogens is 296 g/mol. The lowest BCUT2D eigenvalue weighted by atomic mass is 10.0. The summed E-state index contributed by atoms with van der Waals surface area (Å²) in [4.78, 5) is 10.5. The molecule has 2 unspecified atom stereocenters. The van der Waals surface area contributed by atoms with Crippen LogP contribution in [0.2, 0.25) is 0 Å². The number of ether oxygens (including phenoxy) is 1. The fourth-order valence-corrected chi connectivity index (χ4v) is 4.52. The zero-order valence-electron chi connectivity index (χ0n) is 12.9. The number of aryl methyl sites for hydroxylation is 3. The molecule has 1 fully saturated rings. The standard InChI is InChI=1S/C16H22N4OS/c1-20-10-17-8-13(20)14-7-11(5-6-21-14)18-9-16-19-12-3-2-4-15(12)22-16/h8,10-11,14,18H,2-7,9H2,1H3. The minimum Gasteiger partial charge on any atom is -0.372 e. The Morgan fingerprint density at radius 2 is 2.41 bits per heavy atom. The van der Waals surface area contributed by atoms with Crippen LogP contribution in [0.1, 0.15) is 46.6 Å². The van der Waals surface area contributed by atoms with Crippen LogP contribution in [-0.2, 0) is 31.2 Å². The van der Waals surface area contributed by atoms with Crippen LogP contribution in [0.5, 0.6) is 0 Å². The number of aromatic nitrogens is 3. The smallest absolute Gasteiger partial charge is 0.107 e. The van der Waals surface area contributed by atoms with Gasteiger partial charge in [-0.05, 0) is 32.1 Å². The van der Waals surface area contributed by atoms with Crippen molar-refractivity contribution in [1.29, 1.82) is 0 Å². The second kappa shape index (κ2) is 6.10. The molecule has 1 aliphatic heterocycles. The van der Waals surface area contributed by atoms with Gasteiger partial charge < -0.3 is 14.6 Å². The molecule has 6 heteroatoms. The molecule has 1 aliphatic carbocycles. The summed E-state index contributed by atoms with van der Waals surface area (Å²) >= 11 is 1.89. The van der Waals surface area contributed by atoms with Gasteiger partial charge in [0.05, 0.1) is 23.9 Å². The molecule has 118 valence electrons. The molecule has 2 aromatic rings. The number of nitrogens with one attached hydrogen (secondary N) is 1. The number of fused-ring (bicyclic) bond motifs is 1. The number of rotatable bonds is 4. The summed E-state index contributed by atoms with van der Waals surface area (Å²) < 4.78 is 7.98. The van der Waals surface area contributed by atoms with Crippen molar-refractivity contribution >= 4 is 11.3 Å². The van der Waals surface area contributed by atoms with E-state index in [1.165, 1.54) is 40.5 Å². The number of thiazole rings is 1. The van der Waals surface area contributed by atoms with Gasteiger partial charge in [0.2, 0.25) is 0 Å². The van der Waals surface area contributed by atoms with Crippen molar-refractivity contribution < 1.29 is 4.74 Å². The summed E-state index contributed by atoms with van der Waals surface area (Å²) in [6.45, 7) is 1.70. The average Bonchev–Trinajstić information content (AvgIpc) is 3.21. The maximum Gasteiger partial charge on any atom is 0.107 e. The van der Waals surface area contributed by atoms with Gasteiger partial charge >= 0.3 is 0 Å². The Morgan fingerprint density at radius 1 is 1.45 bits per heavy atom. The molecule has 22 heavy (non-hydrogen) atoms. The van der Waals surface area contributed by atoms with Gasteiger partial charge in [-0.3, -0.25) is 0 Å². The first-order valence-electron chi connectivity index (χ1n) is 8.08. The second-order valence-corrected chi connectivity index (χ2v) is 7.39. The van der Waals surface area contributed by atoms with Crippen LogP contribution in [0.3, 0.4) is 0 Å². The molecule has 2 aliphatic rings. The van der Waals surface area contributed by atoms with Crippen LogP contribution >= 0.6 is 11.3 Å². The Morgan fingerprint density at radius 3 is 3.23 bits per heavy atom. The number of nitrogens with zero attached hydrogens (tertiary/aromatic N) is 3. The number of hydrogen-bond acceptors (Lipinski definition) is 5. The highest BCUT2D eigenvalue weighted by atomic mass is 32.1. The Balaban J connectivity index is 1.35. The van der Waals surface area contributed by atoms with Crippen LogP contribution in [0.15, 0.2) is 12.5 Å². The van der Waals surface area contributed by atoms with Crippen LogP contribution in [-0.4, -0.2) is 27.2 Å². The van der Waals surface area contributed by atoms with E-state index in [1.54, 1.807) is 0 Å². The second-order valence-electron chi connectivity index (χ2n) is 6.22. The largest absolute Gasteiger partial charge is 0.372 e. The van der Waals surface area contributed by atoms with Gasteiger partial charge in [-0.15, -0.1) is 11.3 Å². The fourth-order valence-electron chi connectivity index (χ4n) is 3.42. The first-order valence-corrected chi connectivity index (χ1v) is 8.90. The predicted molar refractivity (Wildman–Crippen MR) is 85.9 cm³/mol. The first kappa shape index (κ1) is 14.4. The van der Waals surface area contributed by atoms with Gasteiger partial charge in [0, 0.05) is 31.1 Å². The Bertz CT molecular complexity index is 629. The number of imidazole rings is 1. The molecule has 0 bridgehead atoms. The van der Waals surface area contributed by atoms with Crippen molar-refractivity contribution in [3.63, 3.8) is 0 Å². The number of hydrogen-bond donors (Lipinski definition) is 1. The molecule has 1 saturated heterocycles. The van der Waals surface area contributed by atoms with Crippen molar-refractivity contribution in [1.82, 2.24) is 19.9 Å². The molecule has 2 atom stereocenters. The summed E-state index contributed by atoms with van der Waals surface area (Å²) in [6, 6.07) is 0.493. The summed E-state index contributed by atoms with van der Waals surface area (Å²) in [5, 5.41) is 4.92. The highest BCUT2D eigenvalue weighted by Gasteiger charge is 2.26. The lowest BCUT2D eigenvalue weighted by molar-refractivity contribution is -0.00404. The van der Waals surface area contributed by atoms with E-state index in [-0.39, 0.29) is 6.10 Å². The van der Waals surface area contributed by atoms with E-state index in [1.807, 2.05) is 30.9 Å². The molecule has 4 rings (SSSR count). The maximum absolute atomic E-state index is 5.92. The molecule has 5 nitrogen and oxygen atoms in total. The van der Waals surface area contributed by atoms with Gasteiger partial charge in [0.25, 0.3) is 0 Å². The summed E-state index contributed by atoms with van der Waals surface area (Å²) in [5.41, 5.74) is 2.52. The van der Waals surface area contributed by atoms with Crippen molar-refractivity contribution in [2.45, 2.75) is 50.8 Å². The Kier molecular flexibility index (Phi) is 3.98. The average molecular weight is 318 g/mol.